The van der Waals surface area contributed by atoms with Crippen LogP contribution >= 0.6 is 0 Å². The Morgan fingerprint density at radius 1 is 1.15 bits per heavy atom. The van der Waals surface area contributed by atoms with Gasteiger partial charge in [-0.1, -0.05) is 49.9 Å². The summed E-state index contributed by atoms with van der Waals surface area (Å²) in [7, 11) is 0. The molecule has 0 heterocycles. The largest absolute Gasteiger partial charge is 0.356 e. The second-order valence-corrected chi connectivity index (χ2v) is 5.84. The van der Waals surface area contributed by atoms with Crippen molar-refractivity contribution in [2.75, 3.05) is 6.54 Å². The Labute approximate surface area is 121 Å². The van der Waals surface area contributed by atoms with Crippen molar-refractivity contribution in [1.29, 1.82) is 0 Å². The maximum absolute atomic E-state index is 11.8. The number of hydrogen-bond donors (Lipinski definition) is 2. The Morgan fingerprint density at radius 3 is 2.45 bits per heavy atom. The summed E-state index contributed by atoms with van der Waals surface area (Å²) in [6.07, 6.45) is 8.43. The van der Waals surface area contributed by atoms with Crippen molar-refractivity contribution in [3.05, 3.63) is 35.4 Å². The molecule has 0 aliphatic heterocycles. The molecule has 3 heteroatoms. The van der Waals surface area contributed by atoms with Gasteiger partial charge in [-0.15, -0.1) is 0 Å². The Balaban J connectivity index is 1.61. The van der Waals surface area contributed by atoms with Crippen LogP contribution in [0.15, 0.2) is 24.3 Å². The zero-order chi connectivity index (χ0) is 14.2. The van der Waals surface area contributed by atoms with E-state index in [0.29, 0.717) is 13.0 Å². The van der Waals surface area contributed by atoms with Crippen LogP contribution < -0.4 is 11.1 Å². The molecule has 1 aliphatic rings. The summed E-state index contributed by atoms with van der Waals surface area (Å²) in [5, 5.41) is 3.02. The molecule has 0 saturated heterocycles. The third-order valence-corrected chi connectivity index (χ3v) is 4.21. The number of amides is 1. The average molecular weight is 274 g/mol. The van der Waals surface area contributed by atoms with Gasteiger partial charge in [0.1, 0.15) is 0 Å². The van der Waals surface area contributed by atoms with E-state index < -0.39 is 0 Å². The third-order valence-electron chi connectivity index (χ3n) is 4.21. The van der Waals surface area contributed by atoms with E-state index >= 15 is 0 Å². The Hall–Kier alpha value is -1.35. The van der Waals surface area contributed by atoms with Crippen LogP contribution in [0.1, 0.15) is 49.7 Å². The van der Waals surface area contributed by atoms with E-state index in [9.17, 15) is 4.79 Å². The van der Waals surface area contributed by atoms with Gasteiger partial charge in [0.05, 0.1) is 6.42 Å². The van der Waals surface area contributed by atoms with Gasteiger partial charge in [-0.2, -0.15) is 0 Å². The fourth-order valence-electron chi connectivity index (χ4n) is 2.96. The fourth-order valence-corrected chi connectivity index (χ4v) is 2.96. The third kappa shape index (κ3) is 4.97. The van der Waals surface area contributed by atoms with Crippen molar-refractivity contribution < 1.29 is 4.79 Å². The molecule has 1 aliphatic carbocycles. The van der Waals surface area contributed by atoms with Gasteiger partial charge >= 0.3 is 0 Å². The lowest BCUT2D eigenvalue weighted by Gasteiger charge is -2.09. The van der Waals surface area contributed by atoms with Crippen LogP contribution in [0, 0.1) is 5.92 Å². The molecule has 1 aromatic carbocycles. The summed E-state index contributed by atoms with van der Waals surface area (Å²) >= 11 is 0. The first kappa shape index (κ1) is 15.0. The molecule has 1 fully saturated rings. The molecule has 0 bridgehead atoms. The number of rotatable bonds is 7. The standard InChI is InChI=1S/C17H26N2O/c18-13-16-9-7-15(8-10-16)12-17(20)19-11-3-6-14-4-1-2-5-14/h7-10,14H,1-6,11-13,18H2,(H,19,20). The Morgan fingerprint density at radius 2 is 1.80 bits per heavy atom. The minimum absolute atomic E-state index is 0.122. The predicted octanol–water partition coefficient (Wildman–Crippen LogP) is 2.77. The molecule has 20 heavy (non-hydrogen) atoms. The number of carbonyl (C=O) groups excluding carboxylic acids is 1. The number of nitrogens with two attached hydrogens (primary N) is 1. The summed E-state index contributed by atoms with van der Waals surface area (Å²) < 4.78 is 0. The average Bonchev–Trinajstić information content (AvgIpc) is 2.98. The summed E-state index contributed by atoms with van der Waals surface area (Å²) in [4.78, 5) is 11.8. The van der Waals surface area contributed by atoms with Crippen molar-refractivity contribution in [2.24, 2.45) is 11.7 Å². The number of nitrogens with one attached hydrogen (secondary N) is 1. The normalized spacial score (nSPS) is 15.4. The van der Waals surface area contributed by atoms with Crippen molar-refractivity contribution >= 4 is 5.91 Å². The minimum atomic E-state index is 0.122. The summed E-state index contributed by atoms with van der Waals surface area (Å²) in [6.45, 7) is 1.36. The van der Waals surface area contributed by atoms with Gasteiger partial charge in [0, 0.05) is 13.1 Å². The van der Waals surface area contributed by atoms with Gasteiger partial charge in [0.15, 0.2) is 0 Å². The molecule has 1 amide bonds. The molecule has 3 nitrogen and oxygen atoms in total. The van der Waals surface area contributed by atoms with Crippen LogP contribution in [-0.4, -0.2) is 12.5 Å². The first-order valence-electron chi connectivity index (χ1n) is 7.82. The monoisotopic (exact) mass is 274 g/mol. The van der Waals surface area contributed by atoms with Gasteiger partial charge < -0.3 is 11.1 Å². The smallest absolute Gasteiger partial charge is 0.224 e. The first-order valence-corrected chi connectivity index (χ1v) is 7.82. The molecule has 0 aromatic heterocycles. The van der Waals surface area contributed by atoms with Crippen molar-refractivity contribution in [3.8, 4) is 0 Å². The van der Waals surface area contributed by atoms with Crippen LogP contribution in [0.4, 0.5) is 0 Å². The molecule has 0 radical (unpaired) electrons. The second-order valence-electron chi connectivity index (χ2n) is 5.84. The quantitative estimate of drug-likeness (QED) is 0.751. The molecule has 1 saturated carbocycles. The van der Waals surface area contributed by atoms with E-state index in [-0.39, 0.29) is 5.91 Å². The maximum Gasteiger partial charge on any atom is 0.224 e. The highest BCUT2D eigenvalue weighted by Crippen LogP contribution is 2.28. The minimum Gasteiger partial charge on any atom is -0.356 e. The van der Waals surface area contributed by atoms with Gasteiger partial charge in [0.25, 0.3) is 0 Å². The van der Waals surface area contributed by atoms with Crippen molar-refractivity contribution in [3.63, 3.8) is 0 Å². The highest BCUT2D eigenvalue weighted by atomic mass is 16.1. The van der Waals surface area contributed by atoms with E-state index in [2.05, 4.69) is 5.32 Å². The summed E-state index contributed by atoms with van der Waals surface area (Å²) in [5.41, 5.74) is 7.71. The van der Waals surface area contributed by atoms with Crippen LogP contribution in [0.5, 0.6) is 0 Å². The van der Waals surface area contributed by atoms with E-state index in [0.717, 1.165) is 30.0 Å². The Bertz CT molecular complexity index is 408. The summed E-state index contributed by atoms with van der Waals surface area (Å²) in [6, 6.07) is 7.95. The van der Waals surface area contributed by atoms with Crippen molar-refractivity contribution in [1.82, 2.24) is 5.32 Å². The van der Waals surface area contributed by atoms with E-state index in [4.69, 9.17) is 5.73 Å². The second kappa shape index (κ2) is 8.05. The van der Waals surface area contributed by atoms with E-state index in [1.54, 1.807) is 0 Å². The van der Waals surface area contributed by atoms with Gasteiger partial charge in [0.2, 0.25) is 5.91 Å². The highest BCUT2D eigenvalue weighted by Gasteiger charge is 2.14. The molecular formula is C17H26N2O. The lowest BCUT2D eigenvalue weighted by atomic mass is 10.0. The van der Waals surface area contributed by atoms with E-state index in [1.165, 1.54) is 32.1 Å². The molecule has 0 spiro atoms. The number of benzene rings is 1. The Kier molecular flexibility index (Phi) is 6.06. The lowest BCUT2D eigenvalue weighted by molar-refractivity contribution is -0.120. The summed E-state index contributed by atoms with van der Waals surface area (Å²) in [5.74, 6) is 1.03. The van der Waals surface area contributed by atoms with Gasteiger partial charge in [-0.25, -0.2) is 0 Å². The number of carbonyl (C=O) groups is 1. The molecule has 0 atom stereocenters. The van der Waals surface area contributed by atoms with Gasteiger partial charge in [-0.3, -0.25) is 4.79 Å². The van der Waals surface area contributed by atoms with Crippen LogP contribution in [0.2, 0.25) is 0 Å². The van der Waals surface area contributed by atoms with Crippen LogP contribution in [0.3, 0.4) is 0 Å². The van der Waals surface area contributed by atoms with Crippen molar-refractivity contribution in [2.45, 2.75) is 51.5 Å². The first-order chi connectivity index (χ1) is 9.78. The molecular weight excluding hydrogens is 248 g/mol. The SMILES string of the molecule is NCc1ccc(CC(=O)NCCCC2CCCC2)cc1. The molecule has 110 valence electrons. The molecule has 1 aromatic rings. The lowest BCUT2D eigenvalue weighted by Crippen LogP contribution is -2.26. The number of hydrogen-bond acceptors (Lipinski definition) is 2. The topological polar surface area (TPSA) is 55.1 Å². The highest BCUT2D eigenvalue weighted by molar-refractivity contribution is 5.78. The molecule has 2 rings (SSSR count). The zero-order valence-electron chi connectivity index (χ0n) is 12.2. The molecule has 0 unspecified atom stereocenters. The predicted molar refractivity (Wildman–Crippen MR) is 82.2 cm³/mol. The fraction of sp³-hybridized carbons (Fsp3) is 0.588. The molecule has 3 N–H and O–H groups in total. The van der Waals surface area contributed by atoms with Crippen LogP contribution in [0.25, 0.3) is 0 Å². The van der Waals surface area contributed by atoms with E-state index in [1.807, 2.05) is 24.3 Å². The zero-order valence-corrected chi connectivity index (χ0v) is 12.2. The van der Waals surface area contributed by atoms with Crippen LogP contribution in [-0.2, 0) is 17.8 Å². The van der Waals surface area contributed by atoms with Gasteiger partial charge in [-0.05, 0) is 29.9 Å². The maximum atomic E-state index is 11.8.